The molecule has 3 nitrogen and oxygen atoms in total. The number of hydrogen-bond donors (Lipinski definition) is 1. The van der Waals surface area contributed by atoms with Crippen LogP contribution >= 0.6 is 15.9 Å². The van der Waals surface area contributed by atoms with Crippen LogP contribution in [0, 0.1) is 0 Å². The fourth-order valence-corrected chi connectivity index (χ4v) is 3.99. The Hall–Kier alpha value is -0.740. The van der Waals surface area contributed by atoms with E-state index in [1.54, 1.807) is 0 Å². The van der Waals surface area contributed by atoms with Crippen molar-refractivity contribution >= 4 is 15.9 Å². The number of fused-ring (bicyclic) bond motifs is 1. The maximum atomic E-state index is 6.18. The Kier molecular flexibility index (Phi) is 2.32. The molecule has 2 saturated carbocycles. The summed E-state index contributed by atoms with van der Waals surface area (Å²) < 4.78 is 13.1. The molecule has 1 spiro atoms. The van der Waals surface area contributed by atoms with Crippen LogP contribution in [0.2, 0.25) is 0 Å². The second kappa shape index (κ2) is 3.67. The maximum Gasteiger partial charge on any atom is 0.251 e. The molecule has 1 unspecified atom stereocenters. The van der Waals surface area contributed by atoms with Crippen LogP contribution in [-0.4, -0.2) is 11.8 Å². The zero-order valence-corrected chi connectivity index (χ0v) is 12.6. The standard InChI is InChI=1S/C15H18BrNO2/c1-9(17)14(5-6-14)10-7-12-13(8-11(10)16)19-15(18-12)3-2-4-15/h7-9H,2-6,17H2,1H3. The first-order valence-corrected chi connectivity index (χ1v) is 7.82. The lowest BCUT2D eigenvalue weighted by atomic mass is 9.89. The van der Waals surface area contributed by atoms with Gasteiger partial charge in [-0.2, -0.15) is 0 Å². The minimum Gasteiger partial charge on any atom is -0.448 e. The van der Waals surface area contributed by atoms with Crippen LogP contribution in [0.3, 0.4) is 0 Å². The Morgan fingerprint density at radius 3 is 2.26 bits per heavy atom. The predicted octanol–water partition coefficient (Wildman–Crippen LogP) is 3.48. The third kappa shape index (κ3) is 1.59. The molecule has 0 amide bonds. The van der Waals surface area contributed by atoms with Crippen molar-refractivity contribution in [2.75, 3.05) is 0 Å². The molecule has 1 aromatic carbocycles. The molecule has 102 valence electrons. The SMILES string of the molecule is CC(N)C1(c2cc3c(cc2Br)OC2(CCC2)O3)CC1. The average molecular weight is 324 g/mol. The van der Waals surface area contributed by atoms with Gasteiger partial charge in [0, 0.05) is 28.8 Å². The Balaban J connectivity index is 1.74. The van der Waals surface area contributed by atoms with Crippen molar-refractivity contribution in [3.63, 3.8) is 0 Å². The molecule has 1 aromatic rings. The van der Waals surface area contributed by atoms with E-state index in [9.17, 15) is 0 Å². The second-order valence-electron chi connectivity index (χ2n) is 6.19. The van der Waals surface area contributed by atoms with Gasteiger partial charge in [-0.3, -0.25) is 0 Å². The Morgan fingerprint density at radius 2 is 1.79 bits per heavy atom. The average Bonchev–Trinajstić information content (AvgIpc) is 3.03. The Morgan fingerprint density at radius 1 is 1.16 bits per heavy atom. The van der Waals surface area contributed by atoms with Crippen molar-refractivity contribution in [1.29, 1.82) is 0 Å². The van der Waals surface area contributed by atoms with Crippen LogP contribution in [0.5, 0.6) is 11.5 Å². The molecule has 0 bridgehead atoms. The molecule has 0 saturated heterocycles. The molecule has 4 rings (SSSR count). The van der Waals surface area contributed by atoms with Gasteiger partial charge in [-0.1, -0.05) is 15.9 Å². The fraction of sp³-hybridized carbons (Fsp3) is 0.600. The summed E-state index contributed by atoms with van der Waals surface area (Å²) in [5.41, 5.74) is 7.59. The van der Waals surface area contributed by atoms with Crippen LogP contribution in [0.4, 0.5) is 0 Å². The number of ether oxygens (including phenoxy) is 2. The summed E-state index contributed by atoms with van der Waals surface area (Å²) in [6, 6.07) is 4.37. The molecular weight excluding hydrogens is 306 g/mol. The first kappa shape index (κ1) is 12.0. The van der Waals surface area contributed by atoms with Gasteiger partial charge in [0.25, 0.3) is 5.79 Å². The number of rotatable bonds is 2. The highest BCUT2D eigenvalue weighted by molar-refractivity contribution is 9.10. The molecule has 2 fully saturated rings. The normalized spacial score (nSPS) is 26.1. The molecule has 0 radical (unpaired) electrons. The third-order valence-corrected chi connectivity index (χ3v) is 5.59. The van der Waals surface area contributed by atoms with Gasteiger partial charge in [0.05, 0.1) is 0 Å². The van der Waals surface area contributed by atoms with Gasteiger partial charge < -0.3 is 15.2 Å². The van der Waals surface area contributed by atoms with Crippen molar-refractivity contribution in [2.24, 2.45) is 5.73 Å². The molecule has 1 aliphatic heterocycles. The largest absolute Gasteiger partial charge is 0.448 e. The molecular formula is C15H18BrNO2. The summed E-state index contributed by atoms with van der Waals surface area (Å²) in [5.74, 6) is 1.41. The Bertz CT molecular complexity index is 547. The molecule has 1 atom stereocenters. The highest BCUT2D eigenvalue weighted by Gasteiger charge is 2.51. The van der Waals surface area contributed by atoms with Gasteiger partial charge in [-0.05, 0) is 43.9 Å². The molecule has 4 heteroatoms. The van der Waals surface area contributed by atoms with Crippen LogP contribution in [-0.2, 0) is 5.41 Å². The lowest BCUT2D eigenvalue weighted by Gasteiger charge is -2.35. The summed E-state index contributed by atoms with van der Waals surface area (Å²) in [6.45, 7) is 2.09. The molecule has 0 aromatic heterocycles. The van der Waals surface area contributed by atoms with Crippen molar-refractivity contribution in [2.45, 2.75) is 56.3 Å². The van der Waals surface area contributed by atoms with Gasteiger partial charge in [0.2, 0.25) is 0 Å². The fourth-order valence-electron chi connectivity index (χ4n) is 3.27. The minimum atomic E-state index is -0.356. The van der Waals surface area contributed by atoms with E-state index in [2.05, 4.69) is 35.0 Å². The van der Waals surface area contributed by atoms with Crippen molar-refractivity contribution in [3.05, 3.63) is 22.2 Å². The summed E-state index contributed by atoms with van der Waals surface area (Å²) in [4.78, 5) is 0. The molecule has 1 heterocycles. The zero-order chi connectivity index (χ0) is 13.3. The Labute approximate surface area is 121 Å². The highest BCUT2D eigenvalue weighted by atomic mass is 79.9. The summed E-state index contributed by atoms with van der Waals surface area (Å²) in [5, 5.41) is 0. The van der Waals surface area contributed by atoms with Gasteiger partial charge in [-0.15, -0.1) is 0 Å². The van der Waals surface area contributed by atoms with Gasteiger partial charge >= 0.3 is 0 Å². The van der Waals surface area contributed by atoms with E-state index >= 15 is 0 Å². The second-order valence-corrected chi connectivity index (χ2v) is 7.05. The van der Waals surface area contributed by atoms with E-state index in [4.69, 9.17) is 15.2 Å². The van der Waals surface area contributed by atoms with E-state index in [1.807, 2.05) is 0 Å². The zero-order valence-electron chi connectivity index (χ0n) is 11.0. The van der Waals surface area contributed by atoms with Crippen LogP contribution in [0.25, 0.3) is 0 Å². The summed E-state index contributed by atoms with van der Waals surface area (Å²) >= 11 is 3.68. The minimum absolute atomic E-state index is 0.132. The number of nitrogens with two attached hydrogens (primary N) is 1. The summed E-state index contributed by atoms with van der Waals surface area (Å²) in [6.07, 6.45) is 5.49. The van der Waals surface area contributed by atoms with Gasteiger partial charge in [0.15, 0.2) is 11.5 Å². The van der Waals surface area contributed by atoms with Gasteiger partial charge in [0.1, 0.15) is 0 Å². The quantitative estimate of drug-likeness (QED) is 0.906. The monoisotopic (exact) mass is 323 g/mol. The van der Waals surface area contributed by atoms with Crippen molar-refractivity contribution < 1.29 is 9.47 Å². The van der Waals surface area contributed by atoms with E-state index < -0.39 is 0 Å². The van der Waals surface area contributed by atoms with Crippen LogP contribution in [0.1, 0.15) is 44.6 Å². The smallest absolute Gasteiger partial charge is 0.251 e. The maximum absolute atomic E-state index is 6.18. The number of benzene rings is 1. The lowest BCUT2D eigenvalue weighted by molar-refractivity contribution is -0.138. The highest BCUT2D eigenvalue weighted by Crippen LogP contribution is 2.56. The van der Waals surface area contributed by atoms with Crippen molar-refractivity contribution in [1.82, 2.24) is 0 Å². The van der Waals surface area contributed by atoms with E-state index in [-0.39, 0.29) is 17.2 Å². The van der Waals surface area contributed by atoms with E-state index in [1.165, 1.54) is 12.0 Å². The topological polar surface area (TPSA) is 44.5 Å². The first-order valence-electron chi connectivity index (χ1n) is 7.02. The molecule has 19 heavy (non-hydrogen) atoms. The number of halogens is 1. The number of hydrogen-bond acceptors (Lipinski definition) is 3. The van der Waals surface area contributed by atoms with Crippen LogP contribution in [0.15, 0.2) is 16.6 Å². The molecule has 2 N–H and O–H groups in total. The first-order chi connectivity index (χ1) is 9.05. The molecule has 2 aliphatic carbocycles. The lowest BCUT2D eigenvalue weighted by Crippen LogP contribution is -2.45. The van der Waals surface area contributed by atoms with E-state index in [0.29, 0.717) is 0 Å². The van der Waals surface area contributed by atoms with E-state index in [0.717, 1.165) is 41.7 Å². The van der Waals surface area contributed by atoms with Gasteiger partial charge in [-0.25, -0.2) is 0 Å². The third-order valence-electron chi connectivity index (χ3n) is 4.94. The molecule has 3 aliphatic rings. The predicted molar refractivity (Wildman–Crippen MR) is 76.5 cm³/mol. The van der Waals surface area contributed by atoms with Crippen molar-refractivity contribution in [3.8, 4) is 11.5 Å². The summed E-state index contributed by atoms with van der Waals surface area (Å²) in [7, 11) is 0. The van der Waals surface area contributed by atoms with Crippen LogP contribution < -0.4 is 15.2 Å².